The topological polar surface area (TPSA) is 47.6 Å². The van der Waals surface area contributed by atoms with Crippen LogP contribution in [0.15, 0.2) is 36.4 Å². The van der Waals surface area contributed by atoms with Gasteiger partial charge in [-0.15, -0.1) is 0 Å². The van der Waals surface area contributed by atoms with Crippen molar-refractivity contribution in [2.24, 2.45) is 0 Å². The standard InChI is InChI=1S/C19H21NO3/c1-12-17-9-13(4-7-16(17)18(11-21)20-12)8-14-5-6-15(22-2)10-19(14)23-3/h4-7,9-12,18,20H,8H2,1-3H3. The molecule has 2 unspecified atom stereocenters. The number of benzene rings is 2. The number of carbonyl (C=O) groups excluding carboxylic acids is 1. The van der Waals surface area contributed by atoms with Crippen molar-refractivity contribution in [1.29, 1.82) is 0 Å². The minimum absolute atomic E-state index is 0.190. The zero-order valence-electron chi connectivity index (χ0n) is 13.6. The average molecular weight is 311 g/mol. The number of ether oxygens (including phenoxy) is 2. The Morgan fingerprint density at radius 2 is 1.91 bits per heavy atom. The van der Waals surface area contributed by atoms with Crippen molar-refractivity contribution in [2.75, 3.05) is 14.2 Å². The first-order valence-corrected chi connectivity index (χ1v) is 7.71. The molecule has 1 aliphatic rings. The Bertz CT molecular complexity index is 727. The Labute approximate surface area is 136 Å². The third-order valence-electron chi connectivity index (χ3n) is 4.41. The van der Waals surface area contributed by atoms with E-state index in [2.05, 4.69) is 30.4 Å². The summed E-state index contributed by atoms with van der Waals surface area (Å²) in [7, 11) is 3.31. The van der Waals surface area contributed by atoms with Gasteiger partial charge < -0.3 is 14.3 Å². The van der Waals surface area contributed by atoms with Crippen LogP contribution in [0.1, 0.15) is 41.3 Å². The van der Waals surface area contributed by atoms with E-state index >= 15 is 0 Å². The van der Waals surface area contributed by atoms with Gasteiger partial charge in [0.15, 0.2) is 0 Å². The Hall–Kier alpha value is -2.33. The Morgan fingerprint density at radius 1 is 1.09 bits per heavy atom. The van der Waals surface area contributed by atoms with Crippen molar-refractivity contribution in [1.82, 2.24) is 5.32 Å². The van der Waals surface area contributed by atoms with E-state index in [0.717, 1.165) is 35.3 Å². The van der Waals surface area contributed by atoms with Crippen molar-refractivity contribution in [3.63, 3.8) is 0 Å². The zero-order valence-corrected chi connectivity index (χ0v) is 13.6. The molecule has 2 aromatic carbocycles. The summed E-state index contributed by atoms with van der Waals surface area (Å²) in [5.74, 6) is 1.60. The van der Waals surface area contributed by atoms with Crippen LogP contribution in [-0.4, -0.2) is 20.5 Å². The molecule has 0 spiro atoms. The molecule has 4 nitrogen and oxygen atoms in total. The SMILES string of the molecule is COc1ccc(Cc2ccc3c(c2)C(C)NC3C=O)c(OC)c1. The lowest BCUT2D eigenvalue weighted by Crippen LogP contribution is -2.15. The van der Waals surface area contributed by atoms with E-state index < -0.39 is 0 Å². The Kier molecular flexibility index (Phi) is 4.35. The van der Waals surface area contributed by atoms with Gasteiger partial charge >= 0.3 is 0 Å². The van der Waals surface area contributed by atoms with Crippen LogP contribution in [0.2, 0.25) is 0 Å². The van der Waals surface area contributed by atoms with E-state index in [-0.39, 0.29) is 12.1 Å². The van der Waals surface area contributed by atoms with Crippen LogP contribution in [0.3, 0.4) is 0 Å². The molecule has 2 atom stereocenters. The molecule has 0 saturated carbocycles. The van der Waals surface area contributed by atoms with E-state index in [1.54, 1.807) is 14.2 Å². The second kappa shape index (κ2) is 6.42. The third-order valence-corrected chi connectivity index (χ3v) is 4.41. The lowest BCUT2D eigenvalue weighted by atomic mass is 9.96. The van der Waals surface area contributed by atoms with Crippen LogP contribution in [0, 0.1) is 0 Å². The van der Waals surface area contributed by atoms with E-state index in [4.69, 9.17) is 9.47 Å². The van der Waals surface area contributed by atoms with Crippen LogP contribution >= 0.6 is 0 Å². The highest BCUT2D eigenvalue weighted by molar-refractivity contribution is 5.65. The number of methoxy groups -OCH3 is 2. The second-order valence-corrected chi connectivity index (χ2v) is 5.82. The molecular weight excluding hydrogens is 290 g/mol. The predicted octanol–water partition coefficient (Wildman–Crippen LogP) is 3.20. The van der Waals surface area contributed by atoms with Crippen LogP contribution in [-0.2, 0) is 11.2 Å². The highest BCUT2D eigenvalue weighted by atomic mass is 16.5. The monoisotopic (exact) mass is 311 g/mol. The molecule has 0 fully saturated rings. The van der Waals surface area contributed by atoms with E-state index in [0.29, 0.717) is 0 Å². The molecule has 2 aromatic rings. The smallest absolute Gasteiger partial charge is 0.141 e. The summed E-state index contributed by atoms with van der Waals surface area (Å²) in [6.07, 6.45) is 1.74. The van der Waals surface area contributed by atoms with Crippen molar-refractivity contribution in [2.45, 2.75) is 25.4 Å². The van der Waals surface area contributed by atoms with Crippen LogP contribution < -0.4 is 14.8 Å². The van der Waals surface area contributed by atoms with Gasteiger partial charge in [0.05, 0.1) is 20.3 Å². The van der Waals surface area contributed by atoms with E-state index in [1.807, 2.05) is 18.2 Å². The maximum absolute atomic E-state index is 11.1. The van der Waals surface area contributed by atoms with Crippen molar-refractivity contribution in [3.05, 3.63) is 58.7 Å². The van der Waals surface area contributed by atoms with Gasteiger partial charge in [-0.25, -0.2) is 0 Å². The summed E-state index contributed by atoms with van der Waals surface area (Å²) >= 11 is 0. The van der Waals surface area contributed by atoms with Crippen LogP contribution in [0.5, 0.6) is 11.5 Å². The number of rotatable bonds is 5. The van der Waals surface area contributed by atoms with Gasteiger partial charge in [0, 0.05) is 18.5 Å². The van der Waals surface area contributed by atoms with Gasteiger partial charge in [-0.1, -0.05) is 24.3 Å². The summed E-state index contributed by atoms with van der Waals surface area (Å²) in [5, 5.41) is 3.29. The fraction of sp³-hybridized carbons (Fsp3) is 0.316. The molecule has 0 aliphatic carbocycles. The minimum Gasteiger partial charge on any atom is -0.497 e. The molecule has 0 saturated heterocycles. The highest BCUT2D eigenvalue weighted by Crippen LogP contribution is 2.34. The van der Waals surface area contributed by atoms with E-state index in [9.17, 15) is 4.79 Å². The fourth-order valence-corrected chi connectivity index (χ4v) is 3.17. The molecule has 23 heavy (non-hydrogen) atoms. The molecule has 1 heterocycles. The maximum atomic E-state index is 11.1. The maximum Gasteiger partial charge on any atom is 0.141 e. The number of nitrogens with one attached hydrogen (secondary N) is 1. The molecule has 1 N–H and O–H groups in total. The molecule has 0 radical (unpaired) electrons. The van der Waals surface area contributed by atoms with Gasteiger partial charge in [-0.05, 0) is 35.2 Å². The summed E-state index contributed by atoms with van der Waals surface area (Å²) < 4.78 is 10.7. The van der Waals surface area contributed by atoms with Gasteiger partial charge in [0.1, 0.15) is 17.8 Å². The fourth-order valence-electron chi connectivity index (χ4n) is 3.17. The van der Waals surface area contributed by atoms with Gasteiger partial charge in [0.25, 0.3) is 0 Å². The molecule has 1 aliphatic heterocycles. The largest absolute Gasteiger partial charge is 0.497 e. The first-order valence-electron chi connectivity index (χ1n) is 7.71. The first kappa shape index (κ1) is 15.6. The number of fused-ring (bicyclic) bond motifs is 1. The number of hydrogen-bond donors (Lipinski definition) is 1. The number of carbonyl (C=O) groups is 1. The number of aldehydes is 1. The van der Waals surface area contributed by atoms with E-state index in [1.165, 1.54) is 11.1 Å². The first-order chi connectivity index (χ1) is 11.2. The molecule has 0 amide bonds. The Morgan fingerprint density at radius 3 is 2.61 bits per heavy atom. The predicted molar refractivity (Wildman–Crippen MR) is 89.1 cm³/mol. The van der Waals surface area contributed by atoms with Crippen LogP contribution in [0.25, 0.3) is 0 Å². The molecule has 120 valence electrons. The average Bonchev–Trinajstić information content (AvgIpc) is 2.91. The molecule has 0 aromatic heterocycles. The van der Waals surface area contributed by atoms with Crippen molar-refractivity contribution in [3.8, 4) is 11.5 Å². The van der Waals surface area contributed by atoms with Crippen LogP contribution in [0.4, 0.5) is 0 Å². The van der Waals surface area contributed by atoms with Gasteiger partial charge in [-0.3, -0.25) is 5.32 Å². The second-order valence-electron chi connectivity index (χ2n) is 5.82. The molecular formula is C19H21NO3. The summed E-state index contributed by atoms with van der Waals surface area (Å²) in [4.78, 5) is 11.1. The van der Waals surface area contributed by atoms with Crippen molar-refractivity contribution >= 4 is 6.29 Å². The van der Waals surface area contributed by atoms with Crippen molar-refractivity contribution < 1.29 is 14.3 Å². The highest BCUT2D eigenvalue weighted by Gasteiger charge is 2.27. The normalized spacial score (nSPS) is 19.3. The van der Waals surface area contributed by atoms with Gasteiger partial charge in [0.2, 0.25) is 0 Å². The quantitative estimate of drug-likeness (QED) is 0.862. The third kappa shape index (κ3) is 2.94. The lowest BCUT2D eigenvalue weighted by Gasteiger charge is -2.12. The van der Waals surface area contributed by atoms with Gasteiger partial charge in [-0.2, -0.15) is 0 Å². The minimum atomic E-state index is -0.190. The summed E-state index contributed by atoms with van der Waals surface area (Å²) in [5.41, 5.74) is 4.59. The zero-order chi connectivity index (χ0) is 16.4. The summed E-state index contributed by atoms with van der Waals surface area (Å²) in [6, 6.07) is 12.2. The molecule has 4 heteroatoms. The Balaban J connectivity index is 1.90. The molecule has 3 rings (SSSR count). The lowest BCUT2D eigenvalue weighted by molar-refractivity contribution is -0.109. The summed E-state index contributed by atoms with van der Waals surface area (Å²) in [6.45, 7) is 2.08. The molecule has 0 bridgehead atoms. The number of hydrogen-bond acceptors (Lipinski definition) is 4.